The first-order chi connectivity index (χ1) is 12.8. The molecule has 3 heterocycles. The van der Waals surface area contributed by atoms with Crippen molar-refractivity contribution in [3.63, 3.8) is 0 Å². The Balaban J connectivity index is 1.99. The van der Waals surface area contributed by atoms with Crippen LogP contribution < -0.4 is 9.64 Å². The molecule has 0 atom stereocenters. The van der Waals surface area contributed by atoms with E-state index in [4.69, 9.17) is 4.74 Å². The summed E-state index contributed by atoms with van der Waals surface area (Å²) < 4.78 is 6.17. The number of benzene rings is 1. The van der Waals surface area contributed by atoms with Crippen molar-refractivity contribution in [2.75, 3.05) is 4.90 Å². The SMILES string of the molecule is Cc1cc(C(C)(C)C)cc(C)c1N1c2cnccc2Oc2c1ccnc2C. The number of anilines is 3. The van der Waals surface area contributed by atoms with Gasteiger partial charge in [0.1, 0.15) is 5.69 Å². The van der Waals surface area contributed by atoms with E-state index in [1.54, 1.807) is 6.20 Å². The van der Waals surface area contributed by atoms with Crippen LogP contribution in [-0.2, 0) is 5.41 Å². The van der Waals surface area contributed by atoms with Crippen LogP contribution in [0, 0.1) is 20.8 Å². The summed E-state index contributed by atoms with van der Waals surface area (Å²) in [6.45, 7) is 13.1. The zero-order valence-corrected chi connectivity index (χ0v) is 16.8. The van der Waals surface area contributed by atoms with Crippen LogP contribution in [-0.4, -0.2) is 9.97 Å². The average molecular weight is 359 g/mol. The van der Waals surface area contributed by atoms with Crippen LogP contribution in [0.3, 0.4) is 0 Å². The van der Waals surface area contributed by atoms with Crippen molar-refractivity contribution in [2.24, 2.45) is 0 Å². The van der Waals surface area contributed by atoms with E-state index < -0.39 is 0 Å². The summed E-state index contributed by atoms with van der Waals surface area (Å²) in [4.78, 5) is 11.0. The van der Waals surface area contributed by atoms with Crippen molar-refractivity contribution in [2.45, 2.75) is 47.0 Å². The molecule has 0 amide bonds. The normalized spacial score (nSPS) is 13.0. The van der Waals surface area contributed by atoms with E-state index in [1.807, 2.05) is 31.5 Å². The largest absolute Gasteiger partial charge is 0.451 e. The van der Waals surface area contributed by atoms with Gasteiger partial charge in [0.2, 0.25) is 0 Å². The van der Waals surface area contributed by atoms with Gasteiger partial charge in [0.15, 0.2) is 11.5 Å². The van der Waals surface area contributed by atoms with Crippen LogP contribution >= 0.6 is 0 Å². The third-order valence-corrected chi connectivity index (χ3v) is 5.10. The van der Waals surface area contributed by atoms with Gasteiger partial charge in [-0.2, -0.15) is 0 Å². The monoisotopic (exact) mass is 359 g/mol. The number of rotatable bonds is 1. The second kappa shape index (κ2) is 6.08. The summed E-state index contributed by atoms with van der Waals surface area (Å²) >= 11 is 0. The van der Waals surface area contributed by atoms with E-state index in [2.05, 4.69) is 61.6 Å². The van der Waals surface area contributed by atoms with Gasteiger partial charge in [-0.15, -0.1) is 0 Å². The fourth-order valence-corrected chi connectivity index (χ4v) is 3.69. The van der Waals surface area contributed by atoms with E-state index in [1.165, 1.54) is 22.4 Å². The van der Waals surface area contributed by atoms with Gasteiger partial charge in [-0.25, -0.2) is 0 Å². The van der Waals surface area contributed by atoms with Crippen LogP contribution in [0.2, 0.25) is 0 Å². The van der Waals surface area contributed by atoms with Crippen molar-refractivity contribution >= 4 is 17.1 Å². The van der Waals surface area contributed by atoms with Crippen LogP contribution in [0.25, 0.3) is 0 Å². The predicted octanol–water partition coefficient (Wildman–Crippen LogP) is 6.27. The summed E-state index contributed by atoms with van der Waals surface area (Å²) in [5.41, 5.74) is 7.91. The summed E-state index contributed by atoms with van der Waals surface area (Å²) in [7, 11) is 0. The van der Waals surface area contributed by atoms with Gasteiger partial charge in [0.25, 0.3) is 0 Å². The smallest absolute Gasteiger partial charge is 0.172 e. The fourth-order valence-electron chi connectivity index (χ4n) is 3.69. The van der Waals surface area contributed by atoms with E-state index in [0.29, 0.717) is 0 Å². The molecule has 3 aromatic rings. The quantitative estimate of drug-likeness (QED) is 0.401. The van der Waals surface area contributed by atoms with Gasteiger partial charge in [-0.3, -0.25) is 9.97 Å². The first-order valence-electron chi connectivity index (χ1n) is 9.26. The minimum Gasteiger partial charge on any atom is -0.451 e. The molecule has 1 aliphatic rings. The Morgan fingerprint density at radius 1 is 0.926 bits per heavy atom. The van der Waals surface area contributed by atoms with E-state index >= 15 is 0 Å². The molecule has 1 aromatic carbocycles. The number of aromatic nitrogens is 2. The van der Waals surface area contributed by atoms with E-state index in [0.717, 1.165) is 28.6 Å². The lowest BCUT2D eigenvalue weighted by Gasteiger charge is -2.35. The fraction of sp³-hybridized carbons (Fsp3) is 0.304. The Morgan fingerprint density at radius 3 is 2.30 bits per heavy atom. The van der Waals surface area contributed by atoms with Crippen molar-refractivity contribution in [1.29, 1.82) is 0 Å². The lowest BCUT2D eigenvalue weighted by atomic mass is 9.84. The molecule has 4 nitrogen and oxygen atoms in total. The van der Waals surface area contributed by atoms with Gasteiger partial charge in [0, 0.05) is 18.5 Å². The number of fused-ring (bicyclic) bond motifs is 2. The number of aryl methyl sites for hydroxylation is 3. The minimum atomic E-state index is 0.108. The molecule has 0 saturated carbocycles. The molecule has 2 aromatic heterocycles. The molecule has 0 aliphatic carbocycles. The topological polar surface area (TPSA) is 38.2 Å². The summed E-state index contributed by atoms with van der Waals surface area (Å²) in [6, 6.07) is 8.50. The van der Waals surface area contributed by atoms with Crippen LogP contribution in [0.5, 0.6) is 11.5 Å². The molecule has 138 valence electrons. The third-order valence-electron chi connectivity index (χ3n) is 5.10. The van der Waals surface area contributed by atoms with Crippen LogP contribution in [0.15, 0.2) is 42.9 Å². The molecule has 0 radical (unpaired) electrons. The average Bonchev–Trinajstić information content (AvgIpc) is 2.60. The van der Waals surface area contributed by atoms with Crippen molar-refractivity contribution in [1.82, 2.24) is 9.97 Å². The predicted molar refractivity (Wildman–Crippen MR) is 110 cm³/mol. The third kappa shape index (κ3) is 2.85. The molecule has 0 unspecified atom stereocenters. The lowest BCUT2D eigenvalue weighted by molar-refractivity contribution is 0.469. The molecular formula is C23H25N3O. The maximum atomic E-state index is 6.17. The highest BCUT2D eigenvalue weighted by Gasteiger charge is 2.30. The first kappa shape index (κ1) is 17.5. The van der Waals surface area contributed by atoms with Gasteiger partial charge in [0.05, 0.1) is 23.3 Å². The molecule has 0 saturated heterocycles. The van der Waals surface area contributed by atoms with Crippen LogP contribution in [0.4, 0.5) is 17.1 Å². The van der Waals surface area contributed by atoms with Gasteiger partial charge >= 0.3 is 0 Å². The molecule has 4 rings (SSSR count). The lowest BCUT2D eigenvalue weighted by Crippen LogP contribution is -2.20. The first-order valence-corrected chi connectivity index (χ1v) is 9.26. The van der Waals surface area contributed by atoms with E-state index in [-0.39, 0.29) is 5.41 Å². The highest BCUT2D eigenvalue weighted by atomic mass is 16.5. The summed E-state index contributed by atoms with van der Waals surface area (Å²) in [5, 5.41) is 0. The van der Waals surface area contributed by atoms with Crippen molar-refractivity contribution < 1.29 is 4.74 Å². The molecule has 0 bridgehead atoms. The van der Waals surface area contributed by atoms with Crippen molar-refractivity contribution in [3.8, 4) is 11.5 Å². The highest BCUT2D eigenvalue weighted by molar-refractivity contribution is 5.88. The zero-order valence-electron chi connectivity index (χ0n) is 16.8. The molecule has 0 spiro atoms. The number of pyridine rings is 2. The van der Waals surface area contributed by atoms with Gasteiger partial charge in [-0.1, -0.05) is 32.9 Å². The Kier molecular flexibility index (Phi) is 3.95. The van der Waals surface area contributed by atoms with Crippen LogP contribution in [0.1, 0.15) is 43.2 Å². The second-order valence-electron chi connectivity index (χ2n) is 8.23. The Labute approximate surface area is 160 Å². The highest BCUT2D eigenvalue weighted by Crippen LogP contribution is 2.52. The number of hydrogen-bond acceptors (Lipinski definition) is 4. The van der Waals surface area contributed by atoms with Crippen molar-refractivity contribution in [3.05, 3.63) is 65.2 Å². The number of hydrogen-bond donors (Lipinski definition) is 0. The molecule has 1 aliphatic heterocycles. The molecule has 0 fully saturated rings. The maximum Gasteiger partial charge on any atom is 0.172 e. The minimum absolute atomic E-state index is 0.108. The Bertz CT molecular complexity index is 1010. The molecule has 0 N–H and O–H groups in total. The molecule has 4 heteroatoms. The standard InChI is InChI=1S/C23H25N3O/c1-14-11-17(23(4,5)6)12-15(2)21(14)26-18-7-10-25-16(3)22(18)27-20-8-9-24-13-19(20)26/h7-13H,1-6H3. The summed E-state index contributed by atoms with van der Waals surface area (Å²) in [6.07, 6.45) is 5.46. The Hall–Kier alpha value is -2.88. The molecule has 27 heavy (non-hydrogen) atoms. The number of nitrogens with zero attached hydrogens (tertiary/aromatic N) is 3. The second-order valence-corrected chi connectivity index (χ2v) is 8.23. The Morgan fingerprint density at radius 2 is 1.63 bits per heavy atom. The molecular weight excluding hydrogens is 334 g/mol. The number of ether oxygens (including phenoxy) is 1. The van der Waals surface area contributed by atoms with Gasteiger partial charge in [-0.05, 0) is 48.9 Å². The summed E-state index contributed by atoms with van der Waals surface area (Å²) in [5.74, 6) is 1.60. The van der Waals surface area contributed by atoms with E-state index in [9.17, 15) is 0 Å². The maximum absolute atomic E-state index is 6.17. The zero-order chi connectivity index (χ0) is 19.3. The van der Waals surface area contributed by atoms with Gasteiger partial charge < -0.3 is 9.64 Å².